The third kappa shape index (κ3) is 6.35. The van der Waals surface area contributed by atoms with Crippen molar-refractivity contribution in [3.8, 4) is 11.5 Å². The maximum absolute atomic E-state index is 6.10. The monoisotopic (exact) mass is 313 g/mol. The first kappa shape index (κ1) is 16.6. The van der Waals surface area contributed by atoms with Crippen molar-refractivity contribution in [3.05, 3.63) is 60.7 Å². The predicted molar refractivity (Wildman–Crippen MR) is 93.5 cm³/mol. The van der Waals surface area contributed by atoms with E-state index in [9.17, 15) is 0 Å². The number of rotatable bonds is 10. The van der Waals surface area contributed by atoms with E-state index in [1.807, 2.05) is 60.7 Å². The van der Waals surface area contributed by atoms with Gasteiger partial charge in [0.05, 0.1) is 0 Å². The third-order valence-electron chi connectivity index (χ3n) is 3.43. The topological polar surface area (TPSA) is 18.5 Å². The molecule has 3 heteroatoms. The Morgan fingerprint density at radius 1 is 0.682 bits per heavy atom. The first-order chi connectivity index (χ1) is 10.9. The van der Waals surface area contributed by atoms with E-state index in [0.717, 1.165) is 17.5 Å². The van der Waals surface area contributed by atoms with Crippen LogP contribution in [0.3, 0.4) is 0 Å². The molecule has 0 aromatic heterocycles. The molecule has 0 atom stereocenters. The minimum absolute atomic E-state index is 0.904. The van der Waals surface area contributed by atoms with Crippen molar-refractivity contribution in [2.45, 2.75) is 45.1 Å². The molecule has 2 nitrogen and oxygen atoms in total. The molecule has 0 heterocycles. The van der Waals surface area contributed by atoms with Crippen molar-refractivity contribution in [2.75, 3.05) is 0 Å². The highest BCUT2D eigenvalue weighted by Gasteiger charge is 2.20. The van der Waals surface area contributed by atoms with E-state index in [1.165, 1.54) is 32.1 Å². The quantitative estimate of drug-likeness (QED) is 0.419. The Bertz CT molecular complexity index is 460. The Labute approximate surface area is 135 Å². The van der Waals surface area contributed by atoms with E-state index in [-0.39, 0.29) is 0 Å². The van der Waals surface area contributed by atoms with Crippen molar-refractivity contribution in [1.82, 2.24) is 0 Å². The smallest absolute Gasteiger partial charge is 0.510 e. The van der Waals surface area contributed by atoms with Gasteiger partial charge >= 0.3 is 9.28 Å². The summed E-state index contributed by atoms with van der Waals surface area (Å²) in [6.07, 6.45) is 6.34. The zero-order valence-corrected chi connectivity index (χ0v) is 14.3. The Morgan fingerprint density at radius 2 is 1.18 bits per heavy atom. The summed E-state index contributed by atoms with van der Waals surface area (Å²) in [6.45, 7) is 2.24. The van der Waals surface area contributed by atoms with Crippen molar-refractivity contribution >= 4 is 9.28 Å². The first-order valence-corrected chi connectivity index (χ1v) is 9.72. The van der Waals surface area contributed by atoms with Crippen molar-refractivity contribution in [2.24, 2.45) is 0 Å². The van der Waals surface area contributed by atoms with Gasteiger partial charge in [-0.2, -0.15) is 0 Å². The third-order valence-corrected chi connectivity index (χ3v) is 5.12. The molecular formula is C19H25O2Si. The van der Waals surface area contributed by atoms with E-state index in [0.29, 0.717) is 0 Å². The van der Waals surface area contributed by atoms with Crippen LogP contribution >= 0.6 is 0 Å². The van der Waals surface area contributed by atoms with Crippen LogP contribution in [0.4, 0.5) is 0 Å². The summed E-state index contributed by atoms with van der Waals surface area (Å²) in [6, 6.07) is 21.0. The number of unbranched alkanes of at least 4 members (excludes halogenated alkanes) is 4. The highest BCUT2D eigenvalue weighted by molar-refractivity contribution is 6.46. The molecule has 0 unspecified atom stereocenters. The van der Waals surface area contributed by atoms with Crippen LogP contribution in [0.1, 0.15) is 39.0 Å². The predicted octanol–water partition coefficient (Wildman–Crippen LogP) is 5.60. The number of hydrogen-bond acceptors (Lipinski definition) is 2. The zero-order valence-electron chi connectivity index (χ0n) is 13.3. The van der Waals surface area contributed by atoms with Gasteiger partial charge in [-0.1, -0.05) is 69.0 Å². The Hall–Kier alpha value is -1.74. The van der Waals surface area contributed by atoms with Crippen LogP contribution < -0.4 is 8.85 Å². The number of hydrogen-bond donors (Lipinski definition) is 0. The molecule has 0 saturated heterocycles. The highest BCUT2D eigenvalue weighted by atomic mass is 28.3. The highest BCUT2D eigenvalue weighted by Crippen LogP contribution is 2.18. The minimum Gasteiger partial charge on any atom is -0.510 e. The second-order valence-electron chi connectivity index (χ2n) is 5.37. The van der Waals surface area contributed by atoms with Crippen molar-refractivity contribution in [1.29, 1.82) is 0 Å². The molecule has 0 fully saturated rings. The van der Waals surface area contributed by atoms with Gasteiger partial charge < -0.3 is 8.85 Å². The summed E-state index contributed by atoms with van der Waals surface area (Å²) >= 11 is 0. The van der Waals surface area contributed by atoms with Gasteiger partial charge in [-0.15, -0.1) is 0 Å². The van der Waals surface area contributed by atoms with Gasteiger partial charge in [0.2, 0.25) is 0 Å². The molecule has 0 spiro atoms. The maximum atomic E-state index is 6.10. The Balaban J connectivity index is 1.88. The average Bonchev–Trinajstić information content (AvgIpc) is 2.56. The average molecular weight is 313 g/mol. The Kier molecular flexibility index (Phi) is 7.60. The van der Waals surface area contributed by atoms with E-state index in [1.54, 1.807) is 0 Å². The van der Waals surface area contributed by atoms with Crippen molar-refractivity contribution < 1.29 is 8.85 Å². The molecule has 2 aromatic carbocycles. The molecular weight excluding hydrogens is 288 g/mol. The van der Waals surface area contributed by atoms with Crippen LogP contribution in [0.15, 0.2) is 60.7 Å². The van der Waals surface area contributed by atoms with Gasteiger partial charge in [-0.05, 0) is 30.7 Å². The molecule has 0 aliphatic heterocycles. The van der Waals surface area contributed by atoms with Crippen molar-refractivity contribution in [3.63, 3.8) is 0 Å². The summed E-state index contributed by atoms with van der Waals surface area (Å²) in [5.41, 5.74) is 0. The van der Waals surface area contributed by atoms with E-state index < -0.39 is 9.28 Å². The summed E-state index contributed by atoms with van der Waals surface area (Å²) in [5, 5.41) is 0. The summed E-state index contributed by atoms with van der Waals surface area (Å²) in [4.78, 5) is 0. The molecule has 0 aliphatic rings. The van der Waals surface area contributed by atoms with E-state index in [4.69, 9.17) is 8.85 Å². The molecule has 0 saturated carbocycles. The van der Waals surface area contributed by atoms with Crippen LogP contribution in [0.25, 0.3) is 0 Å². The summed E-state index contributed by atoms with van der Waals surface area (Å²) in [7, 11) is -1.34. The molecule has 1 radical (unpaired) electrons. The molecule has 0 N–H and O–H groups in total. The van der Waals surface area contributed by atoms with Crippen LogP contribution in [0.5, 0.6) is 11.5 Å². The normalized spacial score (nSPS) is 10.6. The second-order valence-corrected chi connectivity index (χ2v) is 7.02. The van der Waals surface area contributed by atoms with Gasteiger partial charge in [-0.3, -0.25) is 0 Å². The standard InChI is InChI=1S/C19H25O2Si/c1-2-3-4-5-12-17-22(20-18-13-8-6-9-14-18)21-19-15-10-7-11-16-19/h6-11,13-16H,2-5,12,17H2,1H3. The van der Waals surface area contributed by atoms with Gasteiger partial charge in [0, 0.05) is 6.04 Å². The molecule has 2 aromatic rings. The minimum atomic E-state index is -1.34. The van der Waals surface area contributed by atoms with Crippen LogP contribution in [0, 0.1) is 0 Å². The molecule has 22 heavy (non-hydrogen) atoms. The van der Waals surface area contributed by atoms with Crippen LogP contribution in [0.2, 0.25) is 6.04 Å². The fourth-order valence-corrected chi connectivity index (χ4v) is 3.82. The molecule has 0 aliphatic carbocycles. The summed E-state index contributed by atoms with van der Waals surface area (Å²) < 4.78 is 12.2. The molecule has 0 bridgehead atoms. The fourth-order valence-electron chi connectivity index (χ4n) is 2.24. The number of para-hydroxylation sites is 2. The first-order valence-electron chi connectivity index (χ1n) is 8.20. The van der Waals surface area contributed by atoms with E-state index >= 15 is 0 Å². The van der Waals surface area contributed by atoms with E-state index in [2.05, 4.69) is 6.92 Å². The van der Waals surface area contributed by atoms with Gasteiger partial charge in [0.1, 0.15) is 11.5 Å². The van der Waals surface area contributed by atoms with Gasteiger partial charge in [-0.25, -0.2) is 0 Å². The number of benzene rings is 2. The van der Waals surface area contributed by atoms with Gasteiger partial charge in [0.25, 0.3) is 0 Å². The maximum Gasteiger partial charge on any atom is 0.532 e. The lowest BCUT2D eigenvalue weighted by Crippen LogP contribution is -2.29. The SMILES string of the molecule is CCCCCCC[Si](Oc1ccccc1)Oc1ccccc1. The lowest BCUT2D eigenvalue weighted by Gasteiger charge is -2.17. The summed E-state index contributed by atoms with van der Waals surface area (Å²) in [5.74, 6) is 1.81. The zero-order chi connectivity index (χ0) is 15.5. The van der Waals surface area contributed by atoms with Crippen LogP contribution in [-0.2, 0) is 0 Å². The largest absolute Gasteiger partial charge is 0.532 e. The molecule has 0 amide bonds. The molecule has 2 rings (SSSR count). The second kappa shape index (κ2) is 10.1. The van der Waals surface area contributed by atoms with Crippen LogP contribution in [-0.4, -0.2) is 9.28 Å². The Morgan fingerprint density at radius 3 is 1.68 bits per heavy atom. The lowest BCUT2D eigenvalue weighted by atomic mass is 10.2. The fraction of sp³-hybridized carbons (Fsp3) is 0.368. The molecule has 117 valence electrons. The lowest BCUT2D eigenvalue weighted by molar-refractivity contribution is 0.416. The van der Waals surface area contributed by atoms with Gasteiger partial charge in [0.15, 0.2) is 0 Å².